The molecule has 1 saturated heterocycles. The molecule has 10 heteroatoms. The Kier molecular flexibility index (Phi) is 9.71. The Hall–Kier alpha value is -3.63. The van der Waals surface area contributed by atoms with Gasteiger partial charge in [0.2, 0.25) is 5.91 Å². The van der Waals surface area contributed by atoms with Gasteiger partial charge in [-0.15, -0.1) is 0 Å². The zero-order chi connectivity index (χ0) is 28.0. The third-order valence-electron chi connectivity index (χ3n) is 5.96. The second-order valence-corrected chi connectivity index (χ2v) is 10.1. The summed E-state index contributed by atoms with van der Waals surface area (Å²) in [5.74, 6) is -0.689. The van der Waals surface area contributed by atoms with Gasteiger partial charge in [-0.05, 0) is 74.2 Å². The number of hydrogen-bond donors (Lipinski definition) is 4. The predicted molar refractivity (Wildman–Crippen MR) is 143 cm³/mol. The number of hydrogen-bond acceptors (Lipinski definition) is 7. The largest absolute Gasteiger partial charge is 0.447 e. The number of benzene rings is 2. The molecule has 1 fully saturated rings. The fraction of sp³-hybridized carbons (Fsp3) is 0.464. The van der Waals surface area contributed by atoms with Crippen molar-refractivity contribution in [2.75, 3.05) is 17.2 Å². The van der Waals surface area contributed by atoms with Gasteiger partial charge in [0.25, 0.3) is 0 Å². The van der Waals surface area contributed by atoms with Gasteiger partial charge in [0.1, 0.15) is 18.8 Å². The number of aliphatic hydroxyl groups is 1. The third-order valence-corrected chi connectivity index (χ3v) is 5.96. The van der Waals surface area contributed by atoms with Crippen LogP contribution in [0.4, 0.5) is 21.0 Å². The van der Waals surface area contributed by atoms with Crippen LogP contribution in [-0.4, -0.2) is 54.3 Å². The van der Waals surface area contributed by atoms with E-state index >= 15 is 0 Å². The molecule has 10 nitrogen and oxygen atoms in total. The van der Waals surface area contributed by atoms with Gasteiger partial charge >= 0.3 is 12.2 Å². The Balaban J connectivity index is 1.65. The molecule has 4 atom stereocenters. The van der Waals surface area contributed by atoms with Gasteiger partial charge in [0.15, 0.2) is 6.29 Å². The minimum absolute atomic E-state index is 0.0806. The van der Waals surface area contributed by atoms with E-state index in [0.717, 1.165) is 22.3 Å². The van der Waals surface area contributed by atoms with Gasteiger partial charge in [-0.25, -0.2) is 9.59 Å². The average Bonchev–Trinajstić information content (AvgIpc) is 2.78. The number of carbonyl (C=O) groups is 3. The molecule has 3 rings (SSSR count). The van der Waals surface area contributed by atoms with Crippen molar-refractivity contribution in [1.82, 2.24) is 5.32 Å². The van der Waals surface area contributed by atoms with Gasteiger partial charge in [0.05, 0.1) is 6.10 Å². The number of rotatable bonds is 7. The molecule has 206 valence electrons. The Morgan fingerprint density at radius 1 is 0.895 bits per heavy atom. The summed E-state index contributed by atoms with van der Waals surface area (Å²) >= 11 is 0. The van der Waals surface area contributed by atoms with Crippen LogP contribution >= 0.6 is 0 Å². The van der Waals surface area contributed by atoms with Crippen molar-refractivity contribution in [3.8, 4) is 0 Å². The number of amides is 3. The van der Waals surface area contributed by atoms with E-state index < -0.39 is 36.7 Å². The molecular formula is C28H37N3O7. The first kappa shape index (κ1) is 28.9. The molecule has 4 N–H and O–H groups in total. The van der Waals surface area contributed by atoms with Crippen molar-refractivity contribution >= 4 is 29.5 Å². The highest BCUT2D eigenvalue weighted by Crippen LogP contribution is 2.24. The molecule has 3 amide bonds. The molecule has 0 spiro atoms. The topological polar surface area (TPSA) is 135 Å². The summed E-state index contributed by atoms with van der Waals surface area (Å²) in [7, 11) is 0. The maximum absolute atomic E-state index is 12.7. The Labute approximate surface area is 223 Å². The van der Waals surface area contributed by atoms with Crippen LogP contribution in [0.5, 0.6) is 0 Å². The Morgan fingerprint density at radius 3 is 1.89 bits per heavy atom. The number of anilines is 2. The zero-order valence-electron chi connectivity index (χ0n) is 22.7. The van der Waals surface area contributed by atoms with E-state index in [1.807, 2.05) is 52.0 Å². The van der Waals surface area contributed by atoms with Gasteiger partial charge in [-0.1, -0.05) is 26.0 Å². The number of ether oxygens (including phenoxy) is 3. The van der Waals surface area contributed by atoms with Crippen molar-refractivity contribution in [2.45, 2.75) is 72.5 Å². The van der Waals surface area contributed by atoms with Gasteiger partial charge in [-0.2, -0.15) is 0 Å². The van der Waals surface area contributed by atoms with Crippen LogP contribution in [0.15, 0.2) is 36.4 Å². The van der Waals surface area contributed by atoms with Crippen LogP contribution in [0.3, 0.4) is 0 Å². The molecule has 0 saturated carbocycles. The fourth-order valence-electron chi connectivity index (χ4n) is 4.35. The normalized spacial score (nSPS) is 20.9. The van der Waals surface area contributed by atoms with Crippen LogP contribution in [0.2, 0.25) is 0 Å². The molecule has 1 heterocycles. The zero-order valence-corrected chi connectivity index (χ0v) is 22.7. The van der Waals surface area contributed by atoms with Crippen LogP contribution < -0.4 is 16.0 Å². The summed E-state index contributed by atoms with van der Waals surface area (Å²) in [5, 5.41) is 18.7. The van der Waals surface area contributed by atoms with E-state index in [2.05, 4.69) is 16.0 Å². The minimum atomic E-state index is -1.48. The number of aliphatic hydroxyl groups excluding tert-OH is 1. The van der Waals surface area contributed by atoms with Gasteiger partial charge in [-0.3, -0.25) is 15.4 Å². The first-order valence-electron chi connectivity index (χ1n) is 12.6. The van der Waals surface area contributed by atoms with Crippen molar-refractivity contribution < 1.29 is 33.7 Å². The van der Waals surface area contributed by atoms with E-state index in [1.54, 1.807) is 26.0 Å². The predicted octanol–water partition coefficient (Wildman–Crippen LogP) is 4.33. The quantitative estimate of drug-likeness (QED) is 0.421. The van der Waals surface area contributed by atoms with Crippen molar-refractivity contribution in [1.29, 1.82) is 0 Å². The second kappa shape index (κ2) is 12.7. The van der Waals surface area contributed by atoms with E-state index in [4.69, 9.17) is 14.2 Å². The molecule has 2 aromatic carbocycles. The molecule has 0 unspecified atom stereocenters. The first-order chi connectivity index (χ1) is 17.9. The fourth-order valence-corrected chi connectivity index (χ4v) is 4.35. The molecule has 0 bridgehead atoms. The number of nitrogens with one attached hydrogen (secondary N) is 3. The van der Waals surface area contributed by atoms with Crippen molar-refractivity contribution in [3.63, 3.8) is 0 Å². The molecule has 0 aromatic heterocycles. The highest BCUT2D eigenvalue weighted by Gasteiger charge is 2.42. The molecule has 0 radical (unpaired) electrons. The third kappa shape index (κ3) is 8.46. The average molecular weight is 528 g/mol. The van der Waals surface area contributed by atoms with Crippen molar-refractivity contribution in [2.24, 2.45) is 5.92 Å². The lowest BCUT2D eigenvalue weighted by Gasteiger charge is -2.39. The second-order valence-electron chi connectivity index (χ2n) is 10.1. The molecular weight excluding hydrogens is 490 g/mol. The molecule has 0 aliphatic carbocycles. The summed E-state index contributed by atoms with van der Waals surface area (Å²) in [6.45, 7) is 10.9. The Morgan fingerprint density at radius 2 is 1.39 bits per heavy atom. The molecule has 38 heavy (non-hydrogen) atoms. The van der Waals surface area contributed by atoms with E-state index in [9.17, 15) is 19.5 Å². The van der Waals surface area contributed by atoms with Crippen LogP contribution in [0, 0.1) is 33.6 Å². The Bertz CT molecular complexity index is 1130. The maximum atomic E-state index is 12.7. The van der Waals surface area contributed by atoms with Crippen LogP contribution in [0.25, 0.3) is 0 Å². The summed E-state index contributed by atoms with van der Waals surface area (Å²) in [6, 6.07) is 10.2. The lowest BCUT2D eigenvalue weighted by molar-refractivity contribution is -0.213. The summed E-state index contributed by atoms with van der Waals surface area (Å²) < 4.78 is 16.6. The van der Waals surface area contributed by atoms with E-state index in [-0.39, 0.29) is 24.9 Å². The molecule has 1 aliphatic rings. The summed E-state index contributed by atoms with van der Waals surface area (Å²) in [6.07, 6.45) is -4.55. The van der Waals surface area contributed by atoms with Gasteiger partial charge in [0, 0.05) is 23.7 Å². The number of carbonyl (C=O) groups excluding carboxylic acids is 3. The monoisotopic (exact) mass is 527 g/mol. The van der Waals surface area contributed by atoms with E-state index in [1.165, 1.54) is 0 Å². The van der Waals surface area contributed by atoms with Crippen molar-refractivity contribution in [3.05, 3.63) is 58.7 Å². The highest BCUT2D eigenvalue weighted by atomic mass is 16.6. The van der Waals surface area contributed by atoms with Crippen LogP contribution in [-0.2, 0) is 19.0 Å². The minimum Gasteiger partial charge on any atom is -0.447 e. The number of aryl methyl sites for hydroxylation is 4. The molecule has 1 aliphatic heterocycles. The maximum Gasteiger partial charge on any atom is 0.411 e. The first-order valence-corrected chi connectivity index (χ1v) is 12.6. The van der Waals surface area contributed by atoms with Crippen LogP contribution in [0.1, 0.15) is 42.5 Å². The van der Waals surface area contributed by atoms with E-state index in [0.29, 0.717) is 11.4 Å². The highest BCUT2D eigenvalue weighted by molar-refractivity contribution is 5.85. The lowest BCUT2D eigenvalue weighted by Crippen LogP contribution is -2.59. The summed E-state index contributed by atoms with van der Waals surface area (Å²) in [4.78, 5) is 37.5. The summed E-state index contributed by atoms with van der Waals surface area (Å²) in [5.41, 5.74) is 5.09. The lowest BCUT2D eigenvalue weighted by atomic mass is 9.99. The SMILES string of the molecule is Cc1cc(C)cc(NC(=O)OC[C@@H]2C[C@H](OC(=O)Nc3cc(C)cc(C)c3)[C@@H](NC(=O)C(C)C)[C@H](O)O2)c1. The smallest absolute Gasteiger partial charge is 0.411 e. The molecule has 2 aromatic rings. The van der Waals surface area contributed by atoms with Gasteiger partial charge < -0.3 is 24.6 Å². The standard InChI is InChI=1S/C28H37N3O7/c1-15(2)25(32)31-24-23(38-28(35)30-21-11-18(5)8-19(6)12-21)13-22(37-26(24)33)14-36-27(34)29-20-9-16(3)7-17(4)10-20/h7-12,15,22-24,26,33H,13-14H2,1-6H3,(H,29,34)(H,30,35)(H,31,32)/t22-,23-,24+,26+/m0/s1.